The first-order valence-corrected chi connectivity index (χ1v) is 9.50. The molecule has 1 aliphatic heterocycles. The fourth-order valence-electron chi connectivity index (χ4n) is 3.80. The summed E-state index contributed by atoms with van der Waals surface area (Å²) in [5.74, 6) is 0.319. The van der Waals surface area contributed by atoms with Crippen LogP contribution in [0.5, 0.6) is 0 Å². The van der Waals surface area contributed by atoms with E-state index in [1.165, 1.54) is 0 Å². The van der Waals surface area contributed by atoms with Crippen LogP contribution in [-0.2, 0) is 9.84 Å². The van der Waals surface area contributed by atoms with E-state index in [-0.39, 0.29) is 6.04 Å². The van der Waals surface area contributed by atoms with E-state index in [9.17, 15) is 8.42 Å². The lowest BCUT2D eigenvalue weighted by atomic mass is 9.80. The molecule has 2 aromatic carbocycles. The van der Waals surface area contributed by atoms with Gasteiger partial charge in [-0.1, -0.05) is 18.2 Å². The predicted molar refractivity (Wildman–Crippen MR) is 90.3 cm³/mol. The van der Waals surface area contributed by atoms with Gasteiger partial charge in [-0.3, -0.25) is 0 Å². The van der Waals surface area contributed by atoms with Crippen molar-refractivity contribution in [3.05, 3.63) is 54.1 Å². The molecule has 0 spiro atoms. The van der Waals surface area contributed by atoms with Gasteiger partial charge in [-0.15, -0.1) is 0 Å². The highest BCUT2D eigenvalue weighted by molar-refractivity contribution is 7.91. The molecule has 4 nitrogen and oxygen atoms in total. The normalized spacial score (nSPS) is 26.2. The molecule has 1 saturated carbocycles. The van der Waals surface area contributed by atoms with E-state index >= 15 is 0 Å². The molecule has 2 aromatic rings. The third kappa shape index (κ3) is 2.44. The Hall–Kier alpha value is -1.85. The Balaban J connectivity index is 1.75. The summed E-state index contributed by atoms with van der Waals surface area (Å²) in [6.07, 6.45) is 2.98. The van der Waals surface area contributed by atoms with E-state index in [1.54, 1.807) is 30.3 Å². The summed E-state index contributed by atoms with van der Waals surface area (Å²) >= 11 is 0. The van der Waals surface area contributed by atoms with E-state index in [4.69, 9.17) is 5.73 Å². The summed E-state index contributed by atoms with van der Waals surface area (Å²) in [7, 11) is -3.47. The number of fused-ring (bicyclic) bond motifs is 3. The fraction of sp³-hybridized carbons (Fsp3) is 0.333. The number of rotatable bonds is 2. The fourth-order valence-corrected chi connectivity index (χ4v) is 5.12. The molecular formula is C18H20N2O2S. The highest BCUT2D eigenvalue weighted by Gasteiger charge is 2.37. The van der Waals surface area contributed by atoms with Gasteiger partial charge in [0.05, 0.1) is 9.79 Å². The largest absolute Gasteiger partial charge is 0.381 e. The van der Waals surface area contributed by atoms with Crippen LogP contribution >= 0.6 is 0 Å². The van der Waals surface area contributed by atoms with E-state index in [0.717, 1.165) is 30.5 Å². The second-order valence-electron chi connectivity index (χ2n) is 6.50. The van der Waals surface area contributed by atoms with Crippen molar-refractivity contribution in [2.75, 3.05) is 5.32 Å². The van der Waals surface area contributed by atoms with Crippen molar-refractivity contribution >= 4 is 15.5 Å². The summed E-state index contributed by atoms with van der Waals surface area (Å²) in [6.45, 7) is 0. The van der Waals surface area contributed by atoms with Gasteiger partial charge < -0.3 is 11.1 Å². The number of nitrogens with two attached hydrogens (primary N) is 1. The van der Waals surface area contributed by atoms with E-state index < -0.39 is 9.84 Å². The highest BCUT2D eigenvalue weighted by atomic mass is 32.2. The molecule has 3 N–H and O–H groups in total. The zero-order chi connectivity index (χ0) is 16.0. The summed E-state index contributed by atoms with van der Waals surface area (Å²) in [5.41, 5.74) is 8.27. The summed E-state index contributed by atoms with van der Waals surface area (Å²) in [4.78, 5) is 0.701. The zero-order valence-corrected chi connectivity index (χ0v) is 13.6. The predicted octanol–water partition coefficient (Wildman–Crippen LogP) is 2.91. The SMILES string of the molecule is NC1CCC2Nc3ccc(S(=O)(=O)c4ccccc4)cc3C2C1. The van der Waals surface area contributed by atoms with Crippen molar-refractivity contribution in [3.8, 4) is 0 Å². The minimum absolute atomic E-state index is 0.207. The number of hydrogen-bond acceptors (Lipinski definition) is 4. The molecule has 2 aliphatic rings. The molecule has 1 fully saturated rings. The first-order valence-electron chi connectivity index (χ1n) is 8.02. The zero-order valence-electron chi connectivity index (χ0n) is 12.8. The maximum Gasteiger partial charge on any atom is 0.206 e. The molecule has 0 bridgehead atoms. The molecule has 0 amide bonds. The Morgan fingerprint density at radius 3 is 2.57 bits per heavy atom. The van der Waals surface area contributed by atoms with Crippen LogP contribution in [0.1, 0.15) is 30.7 Å². The van der Waals surface area contributed by atoms with Crippen LogP contribution in [0.15, 0.2) is 58.3 Å². The summed E-state index contributed by atoms with van der Waals surface area (Å²) in [6, 6.07) is 14.6. The molecule has 1 aliphatic carbocycles. The Labute approximate surface area is 136 Å². The molecule has 0 aromatic heterocycles. The van der Waals surface area contributed by atoms with Crippen molar-refractivity contribution in [1.82, 2.24) is 0 Å². The Kier molecular flexibility index (Phi) is 3.43. The lowest BCUT2D eigenvalue weighted by Crippen LogP contribution is -2.35. The highest BCUT2D eigenvalue weighted by Crippen LogP contribution is 2.44. The van der Waals surface area contributed by atoms with Gasteiger partial charge in [0.15, 0.2) is 0 Å². The molecule has 0 saturated heterocycles. The van der Waals surface area contributed by atoms with Crippen molar-refractivity contribution in [2.45, 2.75) is 47.1 Å². The van der Waals surface area contributed by atoms with E-state index in [1.807, 2.05) is 18.2 Å². The Morgan fingerprint density at radius 2 is 1.78 bits per heavy atom. The standard InChI is InChI=1S/C18H20N2O2S/c19-12-6-8-17-15(10-12)16-11-14(7-9-18(16)20-17)23(21,22)13-4-2-1-3-5-13/h1-5,7,9,11-12,15,17,20H,6,8,10,19H2. The average molecular weight is 328 g/mol. The van der Waals surface area contributed by atoms with Crippen molar-refractivity contribution in [3.63, 3.8) is 0 Å². The summed E-state index contributed by atoms with van der Waals surface area (Å²) < 4.78 is 25.6. The summed E-state index contributed by atoms with van der Waals surface area (Å²) in [5, 5.41) is 3.53. The monoisotopic (exact) mass is 328 g/mol. The van der Waals surface area contributed by atoms with Gasteiger partial charge in [-0.2, -0.15) is 0 Å². The Morgan fingerprint density at radius 1 is 1.00 bits per heavy atom. The Bertz CT molecular complexity index is 833. The van der Waals surface area contributed by atoms with Crippen LogP contribution in [-0.4, -0.2) is 20.5 Å². The van der Waals surface area contributed by atoms with Crippen LogP contribution in [0.25, 0.3) is 0 Å². The van der Waals surface area contributed by atoms with Crippen molar-refractivity contribution < 1.29 is 8.42 Å². The second kappa shape index (κ2) is 5.35. The quantitative estimate of drug-likeness (QED) is 0.889. The van der Waals surface area contributed by atoms with Crippen LogP contribution in [0.4, 0.5) is 5.69 Å². The van der Waals surface area contributed by atoms with Crippen LogP contribution in [0.3, 0.4) is 0 Å². The molecule has 3 unspecified atom stereocenters. The van der Waals surface area contributed by atoms with Crippen LogP contribution in [0.2, 0.25) is 0 Å². The molecule has 4 rings (SSSR count). The lowest BCUT2D eigenvalue weighted by molar-refractivity contribution is 0.376. The molecule has 0 radical (unpaired) electrons. The van der Waals surface area contributed by atoms with Crippen LogP contribution in [0, 0.1) is 0 Å². The third-order valence-corrected chi connectivity index (χ3v) is 6.79. The minimum atomic E-state index is -3.47. The van der Waals surface area contributed by atoms with Crippen molar-refractivity contribution in [2.24, 2.45) is 5.73 Å². The first kappa shape index (κ1) is 14.7. The maximum atomic E-state index is 12.8. The van der Waals surface area contributed by atoms with E-state index in [0.29, 0.717) is 21.8 Å². The van der Waals surface area contributed by atoms with E-state index in [2.05, 4.69) is 5.32 Å². The van der Waals surface area contributed by atoms with Gasteiger partial charge in [-0.05, 0) is 55.2 Å². The van der Waals surface area contributed by atoms with Crippen LogP contribution < -0.4 is 11.1 Å². The third-order valence-electron chi connectivity index (χ3n) is 5.02. The van der Waals surface area contributed by atoms with Gasteiger partial charge in [-0.25, -0.2) is 8.42 Å². The van der Waals surface area contributed by atoms with Gasteiger partial charge in [0.25, 0.3) is 0 Å². The van der Waals surface area contributed by atoms with Gasteiger partial charge in [0.2, 0.25) is 9.84 Å². The number of hydrogen-bond donors (Lipinski definition) is 2. The first-order chi connectivity index (χ1) is 11.1. The molecule has 1 heterocycles. The van der Waals surface area contributed by atoms with Gasteiger partial charge >= 0.3 is 0 Å². The molecular weight excluding hydrogens is 308 g/mol. The maximum absolute atomic E-state index is 12.8. The number of benzene rings is 2. The topological polar surface area (TPSA) is 72.2 Å². The lowest BCUT2D eigenvalue weighted by Gasteiger charge is -2.29. The second-order valence-corrected chi connectivity index (χ2v) is 8.45. The van der Waals surface area contributed by atoms with Crippen molar-refractivity contribution in [1.29, 1.82) is 0 Å². The molecule has 23 heavy (non-hydrogen) atoms. The number of anilines is 1. The minimum Gasteiger partial charge on any atom is -0.381 e. The molecule has 5 heteroatoms. The van der Waals surface area contributed by atoms with Gasteiger partial charge in [0.1, 0.15) is 0 Å². The molecule has 3 atom stereocenters. The number of sulfone groups is 1. The van der Waals surface area contributed by atoms with Gasteiger partial charge in [0, 0.05) is 23.7 Å². The smallest absolute Gasteiger partial charge is 0.206 e. The average Bonchev–Trinajstić information content (AvgIpc) is 2.93. The molecule has 120 valence electrons. The number of nitrogens with one attached hydrogen (secondary N) is 1.